The van der Waals surface area contributed by atoms with E-state index in [0.717, 1.165) is 12.0 Å². The van der Waals surface area contributed by atoms with Crippen LogP contribution in [-0.2, 0) is 52.4 Å². The number of aliphatic hydroxyl groups is 3. The highest BCUT2D eigenvalue weighted by Gasteiger charge is 2.53. The summed E-state index contributed by atoms with van der Waals surface area (Å²) >= 11 is 0. The fourth-order valence-electron chi connectivity index (χ4n) is 10.5. The highest BCUT2D eigenvalue weighted by molar-refractivity contribution is 6.39. The van der Waals surface area contributed by atoms with Crippen molar-refractivity contribution >= 4 is 29.2 Å². The number of esters is 1. The van der Waals surface area contributed by atoms with E-state index in [9.17, 15) is 39.3 Å². The molecule has 3 N–H and O–H groups in total. The zero-order valence-electron chi connectivity index (χ0n) is 42.4. The molecular formula is C53H83NO14. The Hall–Kier alpha value is -3.41. The van der Waals surface area contributed by atoms with Crippen LogP contribution in [0.4, 0.5) is 0 Å². The maximum absolute atomic E-state index is 14.5. The van der Waals surface area contributed by atoms with Gasteiger partial charge in [0, 0.05) is 58.5 Å². The third kappa shape index (κ3) is 15.3. The summed E-state index contributed by atoms with van der Waals surface area (Å²) < 4.78 is 35.6. The number of hydrogen-bond donors (Lipinski definition) is 3. The summed E-state index contributed by atoms with van der Waals surface area (Å²) in [5, 5.41) is 32.8. The van der Waals surface area contributed by atoms with Crippen molar-refractivity contribution in [3.05, 3.63) is 47.6 Å². The molecule has 0 spiro atoms. The average Bonchev–Trinajstić information content (AvgIpc) is 3.32. The van der Waals surface area contributed by atoms with Gasteiger partial charge in [-0.1, -0.05) is 71.1 Å². The Kier molecular flexibility index (Phi) is 22.9. The fourth-order valence-corrected chi connectivity index (χ4v) is 10.5. The van der Waals surface area contributed by atoms with E-state index < -0.39 is 77.8 Å². The number of Topliss-reactive ketones (excluding diaryl/α,β-unsaturated/α-hetero) is 3. The highest BCUT2D eigenvalue weighted by Crippen LogP contribution is 2.38. The molecule has 0 radical (unpaired) electrons. The van der Waals surface area contributed by atoms with Crippen LogP contribution in [0.2, 0.25) is 0 Å². The number of fused-ring (bicyclic) bond motifs is 3. The van der Waals surface area contributed by atoms with E-state index in [0.29, 0.717) is 63.4 Å². The van der Waals surface area contributed by atoms with E-state index in [4.69, 9.17) is 28.4 Å². The number of aliphatic hydroxyl groups excluding tert-OH is 2. The van der Waals surface area contributed by atoms with Gasteiger partial charge in [0.05, 0.1) is 37.6 Å². The number of carbonyl (C=O) groups is 5. The first-order chi connectivity index (χ1) is 32.3. The van der Waals surface area contributed by atoms with Gasteiger partial charge in [-0.05, 0) is 107 Å². The lowest BCUT2D eigenvalue weighted by Gasteiger charge is -2.42. The topological polar surface area (TPSA) is 205 Å². The Morgan fingerprint density at radius 3 is 2.26 bits per heavy atom. The van der Waals surface area contributed by atoms with Crippen LogP contribution in [0.15, 0.2) is 47.6 Å². The fraction of sp³-hybridized carbons (Fsp3) is 0.755. The molecule has 2 bridgehead atoms. The zero-order chi connectivity index (χ0) is 50.3. The van der Waals surface area contributed by atoms with Crippen LogP contribution >= 0.6 is 0 Å². The molecule has 68 heavy (non-hydrogen) atoms. The average molecular weight is 958 g/mol. The molecule has 3 aliphatic heterocycles. The summed E-state index contributed by atoms with van der Waals surface area (Å²) in [7, 11) is 4.58. The molecule has 3 fully saturated rings. The number of cyclic esters (lactones) is 1. The first-order valence-electron chi connectivity index (χ1n) is 25.0. The van der Waals surface area contributed by atoms with Gasteiger partial charge < -0.3 is 48.6 Å². The predicted molar refractivity (Wildman–Crippen MR) is 256 cm³/mol. The molecule has 384 valence electrons. The lowest BCUT2D eigenvalue weighted by molar-refractivity contribution is -0.265. The number of allylic oxidation sites excluding steroid dienone is 6. The van der Waals surface area contributed by atoms with Gasteiger partial charge >= 0.3 is 5.97 Å². The van der Waals surface area contributed by atoms with Crippen LogP contribution in [0.3, 0.4) is 0 Å². The van der Waals surface area contributed by atoms with Crippen molar-refractivity contribution in [3.63, 3.8) is 0 Å². The van der Waals surface area contributed by atoms with Gasteiger partial charge in [0.25, 0.3) is 11.7 Å². The monoisotopic (exact) mass is 958 g/mol. The molecule has 15 nitrogen and oxygen atoms in total. The van der Waals surface area contributed by atoms with Crippen LogP contribution in [-0.4, -0.2) is 145 Å². The molecule has 0 aromatic rings. The minimum absolute atomic E-state index is 0.0158. The summed E-state index contributed by atoms with van der Waals surface area (Å²) in [5.74, 6) is -7.96. The van der Waals surface area contributed by atoms with Gasteiger partial charge in [-0.2, -0.15) is 0 Å². The molecule has 15 heteroatoms. The molecule has 1 amide bonds. The molecular weight excluding hydrogens is 875 g/mol. The Labute approximate surface area is 405 Å². The number of amides is 1. The Morgan fingerprint density at radius 2 is 1.59 bits per heavy atom. The number of piperidine rings is 1. The van der Waals surface area contributed by atoms with Gasteiger partial charge in [-0.25, -0.2) is 4.79 Å². The maximum atomic E-state index is 14.5. The van der Waals surface area contributed by atoms with Crippen molar-refractivity contribution in [2.75, 3.05) is 41.1 Å². The van der Waals surface area contributed by atoms with Crippen molar-refractivity contribution in [1.82, 2.24) is 4.90 Å². The Balaban J connectivity index is 1.70. The summed E-state index contributed by atoms with van der Waals surface area (Å²) in [4.78, 5) is 72.1. The molecule has 0 aromatic carbocycles. The van der Waals surface area contributed by atoms with Crippen LogP contribution in [0.1, 0.15) is 126 Å². The van der Waals surface area contributed by atoms with E-state index in [1.807, 2.05) is 58.1 Å². The van der Waals surface area contributed by atoms with Crippen LogP contribution in [0.5, 0.6) is 0 Å². The molecule has 15 atom stereocenters. The van der Waals surface area contributed by atoms with Gasteiger partial charge in [-0.3, -0.25) is 19.2 Å². The number of hydrogen-bond acceptors (Lipinski definition) is 14. The third-order valence-corrected chi connectivity index (χ3v) is 14.9. The van der Waals surface area contributed by atoms with Crippen molar-refractivity contribution < 1.29 is 67.7 Å². The maximum Gasteiger partial charge on any atom is 0.329 e. The van der Waals surface area contributed by atoms with Crippen molar-refractivity contribution in [2.45, 2.75) is 180 Å². The predicted octanol–water partition coefficient (Wildman–Crippen LogP) is 6.20. The highest BCUT2D eigenvalue weighted by atomic mass is 16.6. The van der Waals surface area contributed by atoms with Crippen molar-refractivity contribution in [1.29, 1.82) is 0 Å². The van der Waals surface area contributed by atoms with Gasteiger partial charge in [0.2, 0.25) is 5.79 Å². The number of rotatable bonds is 9. The molecule has 1 saturated carbocycles. The summed E-state index contributed by atoms with van der Waals surface area (Å²) in [6, 6.07) is -1.14. The zero-order valence-corrected chi connectivity index (χ0v) is 42.4. The summed E-state index contributed by atoms with van der Waals surface area (Å²) in [6.45, 7) is 12.9. The molecule has 3 heterocycles. The largest absolute Gasteiger partial charge is 0.460 e. The molecule has 0 aromatic heterocycles. The number of methoxy groups -OCH3 is 3. The van der Waals surface area contributed by atoms with Crippen LogP contribution in [0.25, 0.3) is 0 Å². The normalized spacial score (nSPS) is 39.2. The SMILES string of the molecule is CO[C@@H]1C[C@@H]2CC[C@@H](C)[C@@](O)(O2)C(=O)C(=O)N2CCCC[C@H]2C(=O)O[C@H]([C@H](C)C[C@@H]2CC[C@@H](OCCO)[C@H](OC)C2)CC(=O)[C@H](C)/C=C(\C)[C@@H](O)[C@@H](OC)C(=O)[C@H](C)C[C@H](C)\C=C/C=C/C=C/1C. The quantitative estimate of drug-likeness (QED) is 0.134. The Bertz CT molecular complexity index is 1810. The van der Waals surface area contributed by atoms with E-state index in [1.54, 1.807) is 41.1 Å². The second kappa shape index (κ2) is 27.3. The number of ether oxygens (including phenoxy) is 6. The molecule has 2 saturated heterocycles. The minimum atomic E-state index is -2.43. The first-order valence-corrected chi connectivity index (χ1v) is 25.0. The van der Waals surface area contributed by atoms with Gasteiger partial charge in [-0.15, -0.1) is 0 Å². The van der Waals surface area contributed by atoms with Gasteiger partial charge in [0.15, 0.2) is 5.78 Å². The van der Waals surface area contributed by atoms with E-state index in [2.05, 4.69) is 0 Å². The minimum Gasteiger partial charge on any atom is -0.460 e. The molecule has 0 unspecified atom stereocenters. The molecule has 4 aliphatic rings. The lowest BCUT2D eigenvalue weighted by Crippen LogP contribution is -2.61. The summed E-state index contributed by atoms with van der Waals surface area (Å²) in [5.41, 5.74) is 1.26. The van der Waals surface area contributed by atoms with E-state index in [1.165, 1.54) is 12.0 Å². The second-order valence-corrected chi connectivity index (χ2v) is 20.2. The van der Waals surface area contributed by atoms with Crippen LogP contribution < -0.4 is 0 Å². The second-order valence-electron chi connectivity index (χ2n) is 20.2. The standard InChI is InChI=1S/C53H83NO14/c1-32-16-12-11-13-17-33(2)44(63-8)30-40-21-19-38(7)53(62,68-40)50(59)51(60)54-23-15-14-18-41(54)52(61)67-45(35(4)28-39-20-22-43(66-25-24-55)46(29-39)64-9)31-42(56)34(3)27-37(6)48(58)49(65-10)47(57)36(5)26-32/h11-13,16-17,27,32,34-36,38-41,43-46,48-49,55,58,62H,14-15,18-26,28-31H2,1-10H3/b13-11+,16-12-,33-17+,37-27+/t32-,34-,35-,36-,38-,39+,40+,41+,43-,44-,45+,46-,48-,49+,53-/m1/s1. The first kappa shape index (κ1) is 57.2. The van der Waals surface area contributed by atoms with Crippen LogP contribution in [0, 0.1) is 35.5 Å². The number of ketones is 3. The Morgan fingerprint density at radius 1 is 0.853 bits per heavy atom. The number of carbonyl (C=O) groups excluding carboxylic acids is 5. The van der Waals surface area contributed by atoms with Crippen molar-refractivity contribution in [3.8, 4) is 0 Å². The smallest absolute Gasteiger partial charge is 0.329 e. The molecule has 4 rings (SSSR count). The van der Waals surface area contributed by atoms with Gasteiger partial charge in [0.1, 0.15) is 30.1 Å². The number of nitrogens with zero attached hydrogens (tertiary/aromatic N) is 1. The van der Waals surface area contributed by atoms with E-state index >= 15 is 0 Å². The van der Waals surface area contributed by atoms with Crippen molar-refractivity contribution in [2.24, 2.45) is 35.5 Å². The molecule has 1 aliphatic carbocycles. The third-order valence-electron chi connectivity index (χ3n) is 14.9. The lowest BCUT2D eigenvalue weighted by atomic mass is 9.78. The van der Waals surface area contributed by atoms with E-state index in [-0.39, 0.29) is 74.1 Å². The summed E-state index contributed by atoms with van der Waals surface area (Å²) in [6.07, 6.45) is 12.0.